The number of nitrogens with one attached hydrogen (secondary N) is 1. The predicted molar refractivity (Wildman–Crippen MR) is 127 cm³/mol. The lowest BCUT2D eigenvalue weighted by Crippen LogP contribution is -2.49. The third-order valence-corrected chi connectivity index (χ3v) is 6.67. The van der Waals surface area contributed by atoms with Gasteiger partial charge in [-0.25, -0.2) is 9.78 Å². The molecule has 1 amide bonds. The first-order chi connectivity index (χ1) is 16.0. The first kappa shape index (κ1) is 21.6. The van der Waals surface area contributed by atoms with E-state index in [9.17, 15) is 14.4 Å². The molecular formula is C25H29N5O3. The van der Waals surface area contributed by atoms with Crippen molar-refractivity contribution >= 4 is 16.9 Å². The fourth-order valence-electron chi connectivity index (χ4n) is 4.76. The van der Waals surface area contributed by atoms with E-state index in [2.05, 4.69) is 16.9 Å². The number of rotatable bonds is 5. The summed E-state index contributed by atoms with van der Waals surface area (Å²) in [7, 11) is 2.05. The van der Waals surface area contributed by atoms with Gasteiger partial charge in [0, 0.05) is 37.8 Å². The number of fused-ring (bicyclic) bond motifs is 1. The van der Waals surface area contributed by atoms with Crippen LogP contribution in [-0.4, -0.2) is 56.9 Å². The molecule has 1 saturated carbocycles. The van der Waals surface area contributed by atoms with Crippen LogP contribution in [0.1, 0.15) is 59.8 Å². The molecule has 5 rings (SSSR count). The van der Waals surface area contributed by atoms with Crippen molar-refractivity contribution in [3.63, 3.8) is 0 Å². The molecule has 0 bridgehead atoms. The smallest absolute Gasteiger partial charge is 0.329 e. The average molecular weight is 448 g/mol. The van der Waals surface area contributed by atoms with E-state index >= 15 is 0 Å². The van der Waals surface area contributed by atoms with Gasteiger partial charge in [0.15, 0.2) is 5.65 Å². The number of aryl methyl sites for hydroxylation is 1. The average Bonchev–Trinajstić information content (AvgIpc) is 3.66. The number of aromatic amines is 1. The van der Waals surface area contributed by atoms with E-state index in [0.29, 0.717) is 37.3 Å². The van der Waals surface area contributed by atoms with Gasteiger partial charge < -0.3 is 9.80 Å². The van der Waals surface area contributed by atoms with E-state index in [1.165, 1.54) is 4.57 Å². The molecule has 172 valence electrons. The molecular weight excluding hydrogens is 418 g/mol. The summed E-state index contributed by atoms with van der Waals surface area (Å²) >= 11 is 0. The lowest BCUT2D eigenvalue weighted by atomic mass is 10.00. The summed E-state index contributed by atoms with van der Waals surface area (Å²) in [6.07, 6.45) is 2.73. The molecule has 1 aliphatic carbocycles. The maximum Gasteiger partial charge on any atom is 0.329 e. The van der Waals surface area contributed by atoms with Crippen LogP contribution in [0.15, 0.2) is 46.0 Å². The maximum absolute atomic E-state index is 14.0. The maximum atomic E-state index is 14.0. The highest BCUT2D eigenvalue weighted by atomic mass is 16.2. The van der Waals surface area contributed by atoms with Crippen molar-refractivity contribution in [2.75, 3.05) is 26.7 Å². The van der Waals surface area contributed by atoms with Crippen LogP contribution in [0.5, 0.6) is 0 Å². The van der Waals surface area contributed by atoms with Crippen LogP contribution >= 0.6 is 0 Å². The molecule has 1 aromatic carbocycles. The highest BCUT2D eigenvalue weighted by Crippen LogP contribution is 2.40. The summed E-state index contributed by atoms with van der Waals surface area (Å²) < 4.78 is 1.50. The van der Waals surface area contributed by atoms with Crippen LogP contribution in [0, 0.1) is 0 Å². The van der Waals surface area contributed by atoms with Crippen LogP contribution in [0.2, 0.25) is 0 Å². The van der Waals surface area contributed by atoms with Crippen molar-refractivity contribution < 1.29 is 4.79 Å². The Morgan fingerprint density at radius 2 is 1.91 bits per heavy atom. The highest BCUT2D eigenvalue weighted by molar-refractivity contribution is 6.05. The molecule has 1 aliphatic heterocycles. The minimum absolute atomic E-state index is 0.120. The molecule has 0 radical (unpaired) electrons. The first-order valence-electron chi connectivity index (χ1n) is 11.7. The minimum atomic E-state index is -0.550. The van der Waals surface area contributed by atoms with Crippen LogP contribution in [-0.2, 0) is 6.54 Å². The van der Waals surface area contributed by atoms with Gasteiger partial charge in [0.05, 0.1) is 17.0 Å². The third-order valence-electron chi connectivity index (χ3n) is 6.67. The zero-order valence-electron chi connectivity index (χ0n) is 19.1. The summed E-state index contributed by atoms with van der Waals surface area (Å²) in [6, 6.07) is 11.7. The number of pyridine rings is 1. The number of amides is 1. The number of piperazine rings is 1. The van der Waals surface area contributed by atoms with Crippen molar-refractivity contribution in [2.24, 2.45) is 0 Å². The molecule has 2 fully saturated rings. The second-order valence-electron chi connectivity index (χ2n) is 9.17. The number of aromatic nitrogens is 3. The molecule has 3 aromatic rings. The van der Waals surface area contributed by atoms with Gasteiger partial charge in [0.25, 0.3) is 11.5 Å². The quantitative estimate of drug-likeness (QED) is 0.649. The molecule has 8 nitrogen and oxygen atoms in total. The first-order valence-corrected chi connectivity index (χ1v) is 11.7. The number of nitrogens with zero attached hydrogens (tertiary/aromatic N) is 4. The van der Waals surface area contributed by atoms with Gasteiger partial charge in [0.1, 0.15) is 0 Å². The number of carbonyl (C=O) groups is 1. The molecule has 3 heterocycles. The summed E-state index contributed by atoms with van der Waals surface area (Å²) in [5, 5.41) is 0.211. The van der Waals surface area contributed by atoms with Crippen LogP contribution in [0.3, 0.4) is 0 Å². The van der Waals surface area contributed by atoms with Gasteiger partial charge in [-0.05, 0) is 37.9 Å². The molecule has 1 atom stereocenters. The summed E-state index contributed by atoms with van der Waals surface area (Å²) in [5.74, 6) is 0.0984. The Balaban J connectivity index is 1.68. The van der Waals surface area contributed by atoms with Crippen LogP contribution < -0.4 is 11.2 Å². The van der Waals surface area contributed by atoms with Gasteiger partial charge >= 0.3 is 5.69 Å². The van der Waals surface area contributed by atoms with E-state index in [4.69, 9.17) is 4.98 Å². The Kier molecular flexibility index (Phi) is 5.62. The molecule has 0 unspecified atom stereocenters. The molecule has 8 heteroatoms. The van der Waals surface area contributed by atoms with Crippen LogP contribution in [0.25, 0.3) is 11.0 Å². The van der Waals surface area contributed by atoms with Crippen LogP contribution in [0.4, 0.5) is 0 Å². The van der Waals surface area contributed by atoms with Gasteiger partial charge in [-0.15, -0.1) is 0 Å². The lowest BCUT2D eigenvalue weighted by molar-refractivity contribution is 0.0499. The summed E-state index contributed by atoms with van der Waals surface area (Å²) in [5.41, 5.74) is 1.50. The number of hydrogen-bond acceptors (Lipinski definition) is 5. The number of likely N-dealkylation sites (N-methyl/N-ethyl adjacent to an activating group) is 1. The minimum Gasteiger partial charge on any atom is -0.329 e. The standard InChI is InChI=1S/C25H29N5O3/c1-3-11-30-22-21(23(31)27-25(30)33)18(14-19(26-22)16-9-10-16)24(32)29-13-12-28(2)15-20(29)17-7-5-4-6-8-17/h4-8,14,16,20H,3,9-13,15H2,1-2H3,(H,27,31,33)/t20-/m1/s1. The monoisotopic (exact) mass is 447 g/mol. The number of carbonyl (C=O) groups excluding carboxylic acids is 1. The van der Waals surface area contributed by atoms with Crippen molar-refractivity contribution in [2.45, 2.75) is 44.7 Å². The van der Waals surface area contributed by atoms with Crippen molar-refractivity contribution in [1.82, 2.24) is 24.3 Å². The lowest BCUT2D eigenvalue weighted by Gasteiger charge is -2.40. The van der Waals surface area contributed by atoms with Crippen molar-refractivity contribution in [1.29, 1.82) is 0 Å². The molecule has 2 aliphatic rings. The number of H-pyrrole nitrogens is 1. The molecule has 2 aromatic heterocycles. The summed E-state index contributed by atoms with van der Waals surface area (Å²) in [4.78, 5) is 50.8. The van der Waals surface area contributed by atoms with E-state index in [0.717, 1.165) is 30.6 Å². The Morgan fingerprint density at radius 1 is 1.15 bits per heavy atom. The molecule has 1 N–H and O–H groups in total. The fourth-order valence-corrected chi connectivity index (χ4v) is 4.76. The van der Waals surface area contributed by atoms with Crippen molar-refractivity contribution in [3.8, 4) is 0 Å². The normalized spacial score (nSPS) is 19.2. The van der Waals surface area contributed by atoms with Gasteiger partial charge in [-0.1, -0.05) is 37.3 Å². The van der Waals surface area contributed by atoms with E-state index in [-0.39, 0.29) is 23.3 Å². The Bertz CT molecular complexity index is 1310. The second kappa shape index (κ2) is 8.59. The van der Waals surface area contributed by atoms with E-state index in [1.54, 1.807) is 6.07 Å². The van der Waals surface area contributed by atoms with Gasteiger partial charge in [-0.3, -0.25) is 19.1 Å². The van der Waals surface area contributed by atoms with E-state index in [1.807, 2.05) is 42.2 Å². The second-order valence-corrected chi connectivity index (χ2v) is 9.17. The summed E-state index contributed by atoms with van der Waals surface area (Å²) in [6.45, 7) is 4.43. The zero-order chi connectivity index (χ0) is 23.1. The van der Waals surface area contributed by atoms with Gasteiger partial charge in [0.2, 0.25) is 0 Å². The largest absolute Gasteiger partial charge is 0.329 e. The third kappa shape index (κ3) is 3.99. The Morgan fingerprint density at radius 3 is 2.61 bits per heavy atom. The number of hydrogen-bond donors (Lipinski definition) is 1. The van der Waals surface area contributed by atoms with Gasteiger partial charge in [-0.2, -0.15) is 0 Å². The Labute approximate surface area is 191 Å². The predicted octanol–water partition coefficient (Wildman–Crippen LogP) is 2.50. The fraction of sp³-hybridized carbons (Fsp3) is 0.440. The number of benzene rings is 1. The SMILES string of the molecule is CCCn1c(=O)[nH]c(=O)c2c(C(=O)N3CCN(C)C[C@@H]3c3ccccc3)cc(C3CC3)nc21. The molecule has 1 saturated heterocycles. The van der Waals surface area contributed by atoms with Crippen molar-refractivity contribution in [3.05, 3.63) is 74.1 Å². The Hall–Kier alpha value is -3.26. The highest BCUT2D eigenvalue weighted by Gasteiger charge is 2.34. The topological polar surface area (TPSA) is 91.3 Å². The molecule has 33 heavy (non-hydrogen) atoms. The molecule has 0 spiro atoms. The van der Waals surface area contributed by atoms with E-state index < -0.39 is 11.2 Å². The zero-order valence-corrected chi connectivity index (χ0v) is 19.1.